The molecule has 0 aliphatic heterocycles. The van der Waals surface area contributed by atoms with Gasteiger partial charge in [0.2, 0.25) is 0 Å². The molecule has 0 saturated carbocycles. The molecule has 1 aromatic carbocycles. The summed E-state index contributed by atoms with van der Waals surface area (Å²) in [7, 11) is 1.12. The summed E-state index contributed by atoms with van der Waals surface area (Å²) in [5, 5.41) is 8.97. The highest BCUT2D eigenvalue weighted by atomic mass is 19.4. The van der Waals surface area contributed by atoms with Crippen LogP contribution in [0, 0.1) is 18.3 Å². The van der Waals surface area contributed by atoms with Crippen LogP contribution in [0.15, 0.2) is 35.4 Å². The highest BCUT2D eigenvalue weighted by Gasteiger charge is 2.35. The Morgan fingerprint density at radius 3 is 2.67 bits per heavy atom. The van der Waals surface area contributed by atoms with E-state index in [1.165, 1.54) is 0 Å². The van der Waals surface area contributed by atoms with Crippen molar-refractivity contribution in [2.24, 2.45) is 0 Å². The predicted octanol–water partition coefficient (Wildman–Crippen LogP) is 3.37. The number of ether oxygens (including phenoxy) is 1. The molecule has 4 aromatic rings. The first-order valence-corrected chi connectivity index (χ1v) is 8.76. The maximum atomic E-state index is 13.2. The summed E-state index contributed by atoms with van der Waals surface area (Å²) in [5.41, 5.74) is 0.858. The monoisotopic (exact) mass is 413 g/mol. The quantitative estimate of drug-likeness (QED) is 0.556. The Morgan fingerprint density at radius 2 is 2.00 bits per heavy atom. The van der Waals surface area contributed by atoms with Crippen LogP contribution in [0.3, 0.4) is 0 Å². The number of halogens is 3. The summed E-state index contributed by atoms with van der Waals surface area (Å²) in [4.78, 5) is 23.7. The van der Waals surface area contributed by atoms with Gasteiger partial charge in [-0.3, -0.25) is 4.79 Å². The molecule has 0 bridgehead atoms. The molecule has 0 saturated heterocycles. The molecule has 0 aliphatic carbocycles. The Kier molecular flexibility index (Phi) is 4.46. The normalized spacial score (nSPS) is 11.7. The Balaban J connectivity index is 1.78. The van der Waals surface area contributed by atoms with Crippen LogP contribution in [0.25, 0.3) is 16.6 Å². The predicted molar refractivity (Wildman–Crippen MR) is 101 cm³/mol. The lowest BCUT2D eigenvalue weighted by molar-refractivity contribution is -0.138. The molecule has 30 heavy (non-hydrogen) atoms. The lowest BCUT2D eigenvalue weighted by Gasteiger charge is -2.13. The first-order chi connectivity index (χ1) is 14.2. The molecule has 3 aromatic heterocycles. The van der Waals surface area contributed by atoms with Crippen LogP contribution in [0.1, 0.15) is 28.2 Å². The molecule has 4 rings (SSSR count). The van der Waals surface area contributed by atoms with Crippen molar-refractivity contribution >= 4 is 16.6 Å². The standard InChI is InChI=1S/C20H14F3N5O2/c1-10-3-18-25-12(9-28(18)8-11(10)7-24)4-17-26-15-6-16(30-2)14(20(21,22)23)5-13(15)19(29)27-17/h3,5-6,8-9H,4H2,1-2H3,(H,26,27,29). The van der Waals surface area contributed by atoms with Gasteiger partial charge >= 0.3 is 6.18 Å². The fraction of sp³-hybridized carbons (Fsp3) is 0.200. The van der Waals surface area contributed by atoms with Crippen molar-refractivity contribution in [2.75, 3.05) is 7.11 Å². The number of hydrogen-bond acceptors (Lipinski definition) is 5. The number of aryl methyl sites for hydroxylation is 1. The molecule has 0 unspecified atom stereocenters. The number of nitrogens with one attached hydrogen (secondary N) is 1. The fourth-order valence-electron chi connectivity index (χ4n) is 3.25. The Morgan fingerprint density at radius 1 is 1.23 bits per heavy atom. The number of pyridine rings is 1. The zero-order valence-electron chi connectivity index (χ0n) is 15.8. The number of hydrogen-bond donors (Lipinski definition) is 1. The molecular formula is C20H14F3N5O2. The van der Waals surface area contributed by atoms with Gasteiger partial charge in [0.05, 0.1) is 34.8 Å². The number of aromatic nitrogens is 4. The number of benzene rings is 1. The first-order valence-electron chi connectivity index (χ1n) is 8.76. The Hall–Kier alpha value is -3.87. The minimum absolute atomic E-state index is 0.0879. The number of fused-ring (bicyclic) bond motifs is 2. The van der Waals surface area contributed by atoms with Gasteiger partial charge in [-0.15, -0.1) is 0 Å². The van der Waals surface area contributed by atoms with Gasteiger partial charge in [0.15, 0.2) is 0 Å². The zero-order chi connectivity index (χ0) is 21.6. The summed E-state index contributed by atoms with van der Waals surface area (Å²) in [6.45, 7) is 1.80. The van der Waals surface area contributed by atoms with E-state index in [4.69, 9.17) is 10.00 Å². The SMILES string of the molecule is COc1cc2nc(Cc3cn4cc(C#N)c(C)cc4n3)[nH]c(=O)c2cc1C(F)(F)F. The van der Waals surface area contributed by atoms with Crippen molar-refractivity contribution in [3.8, 4) is 11.8 Å². The van der Waals surface area contributed by atoms with Gasteiger partial charge in [-0.05, 0) is 24.6 Å². The lowest BCUT2D eigenvalue weighted by atomic mass is 10.1. The van der Waals surface area contributed by atoms with E-state index in [-0.39, 0.29) is 23.1 Å². The minimum Gasteiger partial charge on any atom is -0.496 e. The average Bonchev–Trinajstić information content (AvgIpc) is 3.06. The topological polar surface area (TPSA) is 96.1 Å². The van der Waals surface area contributed by atoms with Gasteiger partial charge in [-0.25, -0.2) is 9.97 Å². The molecular weight excluding hydrogens is 399 g/mol. The summed E-state index contributed by atoms with van der Waals surface area (Å²) in [6, 6.07) is 5.70. The molecule has 0 fully saturated rings. The molecule has 3 heterocycles. The third kappa shape index (κ3) is 3.34. The minimum atomic E-state index is -4.67. The lowest BCUT2D eigenvalue weighted by Crippen LogP contribution is -2.15. The Bertz CT molecular complexity index is 1400. The molecule has 0 radical (unpaired) electrons. The van der Waals surface area contributed by atoms with Crippen molar-refractivity contribution in [2.45, 2.75) is 19.5 Å². The molecule has 152 valence electrons. The molecule has 0 spiro atoms. The van der Waals surface area contributed by atoms with Crippen molar-refractivity contribution in [1.82, 2.24) is 19.4 Å². The van der Waals surface area contributed by atoms with E-state index in [0.717, 1.165) is 24.8 Å². The number of nitrogens with zero attached hydrogens (tertiary/aromatic N) is 4. The van der Waals surface area contributed by atoms with Crippen molar-refractivity contribution < 1.29 is 17.9 Å². The second-order valence-electron chi connectivity index (χ2n) is 6.74. The van der Waals surface area contributed by atoms with E-state index >= 15 is 0 Å². The summed E-state index contributed by atoms with van der Waals surface area (Å²) < 4.78 is 46.1. The molecule has 1 N–H and O–H groups in total. The third-order valence-corrected chi connectivity index (χ3v) is 4.70. The summed E-state index contributed by atoms with van der Waals surface area (Å²) in [5.74, 6) is -0.166. The number of rotatable bonds is 3. The molecule has 10 heteroatoms. The van der Waals surface area contributed by atoms with E-state index in [1.54, 1.807) is 29.8 Å². The largest absolute Gasteiger partial charge is 0.496 e. The van der Waals surface area contributed by atoms with Crippen LogP contribution in [-0.2, 0) is 12.6 Å². The van der Waals surface area contributed by atoms with Gasteiger partial charge in [0.1, 0.15) is 23.3 Å². The number of methoxy groups -OCH3 is 1. The van der Waals surface area contributed by atoms with E-state index in [0.29, 0.717) is 16.9 Å². The summed E-state index contributed by atoms with van der Waals surface area (Å²) >= 11 is 0. The first kappa shape index (κ1) is 19.4. The van der Waals surface area contributed by atoms with Crippen LogP contribution in [0.5, 0.6) is 5.75 Å². The molecule has 0 atom stereocenters. The van der Waals surface area contributed by atoms with Crippen molar-refractivity contribution in [3.05, 3.63) is 69.2 Å². The smallest absolute Gasteiger partial charge is 0.419 e. The molecule has 0 amide bonds. The number of aromatic amines is 1. The highest BCUT2D eigenvalue weighted by molar-refractivity contribution is 5.80. The van der Waals surface area contributed by atoms with Gasteiger partial charge in [0, 0.05) is 24.9 Å². The van der Waals surface area contributed by atoms with Crippen LogP contribution < -0.4 is 10.3 Å². The number of alkyl halides is 3. The van der Waals surface area contributed by atoms with Crippen LogP contribution in [0.2, 0.25) is 0 Å². The van der Waals surface area contributed by atoms with Gasteiger partial charge < -0.3 is 14.1 Å². The number of imidazole rings is 1. The van der Waals surface area contributed by atoms with E-state index < -0.39 is 23.0 Å². The average molecular weight is 413 g/mol. The maximum Gasteiger partial charge on any atom is 0.419 e. The maximum absolute atomic E-state index is 13.2. The molecule has 0 aliphatic rings. The molecule has 7 nitrogen and oxygen atoms in total. The zero-order valence-corrected chi connectivity index (χ0v) is 15.8. The van der Waals surface area contributed by atoms with Crippen LogP contribution in [0.4, 0.5) is 13.2 Å². The number of H-pyrrole nitrogens is 1. The van der Waals surface area contributed by atoms with E-state index in [9.17, 15) is 18.0 Å². The van der Waals surface area contributed by atoms with Crippen LogP contribution >= 0.6 is 0 Å². The highest BCUT2D eigenvalue weighted by Crippen LogP contribution is 2.37. The van der Waals surface area contributed by atoms with Gasteiger partial charge in [0.25, 0.3) is 5.56 Å². The van der Waals surface area contributed by atoms with Gasteiger partial charge in [-0.1, -0.05) is 0 Å². The number of nitriles is 1. The second kappa shape index (κ2) is 6.88. The van der Waals surface area contributed by atoms with Crippen LogP contribution in [-0.4, -0.2) is 26.5 Å². The van der Waals surface area contributed by atoms with E-state index in [1.807, 2.05) is 0 Å². The fourth-order valence-corrected chi connectivity index (χ4v) is 3.25. The Labute approximate surface area is 167 Å². The van der Waals surface area contributed by atoms with Gasteiger partial charge in [-0.2, -0.15) is 18.4 Å². The van der Waals surface area contributed by atoms with Crippen molar-refractivity contribution in [3.63, 3.8) is 0 Å². The van der Waals surface area contributed by atoms with E-state index in [2.05, 4.69) is 21.0 Å². The van der Waals surface area contributed by atoms with Crippen molar-refractivity contribution in [1.29, 1.82) is 5.26 Å². The summed E-state index contributed by atoms with van der Waals surface area (Å²) in [6.07, 6.45) is -1.16. The second-order valence-corrected chi connectivity index (χ2v) is 6.74. The third-order valence-electron chi connectivity index (χ3n) is 4.70.